The Morgan fingerprint density at radius 3 is 1.45 bits per heavy atom. The summed E-state index contributed by atoms with van der Waals surface area (Å²) in [6, 6.07) is -0.722. The first-order chi connectivity index (χ1) is 28.5. The van der Waals surface area contributed by atoms with Crippen molar-refractivity contribution in [3.8, 4) is 0 Å². The van der Waals surface area contributed by atoms with Gasteiger partial charge in [-0.2, -0.15) is 0 Å². The minimum absolute atomic E-state index is 0.0344. The van der Waals surface area contributed by atoms with Gasteiger partial charge < -0.3 is 20.3 Å². The van der Waals surface area contributed by atoms with Crippen molar-refractivity contribution in [1.29, 1.82) is 0 Å². The summed E-state index contributed by atoms with van der Waals surface area (Å²) in [7, 11) is 0. The van der Waals surface area contributed by atoms with Gasteiger partial charge in [0.05, 0.1) is 25.2 Å². The number of hydrogen-bond acceptors (Lipinski definition) is 5. The molecule has 0 aliphatic carbocycles. The smallest absolute Gasteiger partial charge is 0.306 e. The average molecular weight is 810 g/mol. The lowest BCUT2D eigenvalue weighted by Crippen LogP contribution is -2.46. The number of allylic oxidation sites excluding steroid dienone is 12. The van der Waals surface area contributed by atoms with Crippen molar-refractivity contribution in [3.05, 3.63) is 72.9 Å². The Morgan fingerprint density at radius 2 is 0.931 bits per heavy atom. The molecule has 0 rings (SSSR count). The van der Waals surface area contributed by atoms with Crippen LogP contribution in [0.4, 0.5) is 0 Å². The van der Waals surface area contributed by atoms with Crippen LogP contribution in [0.5, 0.6) is 0 Å². The number of aliphatic hydroxyl groups is 2. The second-order valence-electron chi connectivity index (χ2n) is 16.1. The van der Waals surface area contributed by atoms with Crippen LogP contribution < -0.4 is 5.32 Å². The number of nitrogens with one attached hydrogen (secondary N) is 1. The highest BCUT2D eigenvalue weighted by Gasteiger charge is 2.24. The molecule has 1 amide bonds. The van der Waals surface area contributed by atoms with Gasteiger partial charge in [-0.3, -0.25) is 9.59 Å². The number of carbonyl (C=O) groups is 2. The maximum atomic E-state index is 13.1. The van der Waals surface area contributed by atoms with Crippen LogP contribution in [-0.2, 0) is 14.3 Å². The molecule has 58 heavy (non-hydrogen) atoms. The summed E-state index contributed by atoms with van der Waals surface area (Å²) in [5.74, 6) is -0.594. The second kappa shape index (κ2) is 45.4. The summed E-state index contributed by atoms with van der Waals surface area (Å²) in [5, 5.41) is 23.7. The van der Waals surface area contributed by atoms with Crippen molar-refractivity contribution < 1.29 is 24.5 Å². The van der Waals surface area contributed by atoms with Crippen LogP contribution in [0.15, 0.2) is 72.9 Å². The molecule has 0 bridgehead atoms. The van der Waals surface area contributed by atoms with Crippen LogP contribution in [0.2, 0.25) is 0 Å². The number of ether oxygens (including phenoxy) is 1. The molecule has 3 unspecified atom stereocenters. The van der Waals surface area contributed by atoms with E-state index in [1.807, 2.05) is 6.08 Å². The molecule has 6 nitrogen and oxygen atoms in total. The van der Waals surface area contributed by atoms with E-state index >= 15 is 0 Å². The van der Waals surface area contributed by atoms with E-state index < -0.39 is 18.2 Å². The molecule has 0 saturated heterocycles. The van der Waals surface area contributed by atoms with Crippen molar-refractivity contribution >= 4 is 11.9 Å². The number of unbranched alkanes of at least 4 members (excludes halogenated alkanes) is 18. The van der Waals surface area contributed by atoms with Crippen molar-refractivity contribution in [2.75, 3.05) is 6.61 Å². The molecule has 0 aromatic carbocycles. The normalized spacial score (nSPS) is 13.9. The van der Waals surface area contributed by atoms with Gasteiger partial charge in [-0.15, -0.1) is 0 Å². The van der Waals surface area contributed by atoms with Gasteiger partial charge in [0, 0.05) is 6.42 Å². The molecular formula is C52H91NO5. The Balaban J connectivity index is 4.66. The number of aliphatic hydroxyl groups excluding tert-OH is 2. The molecule has 0 fully saturated rings. The Hall–Kier alpha value is -2.70. The van der Waals surface area contributed by atoms with E-state index in [1.165, 1.54) is 83.5 Å². The first kappa shape index (κ1) is 55.3. The highest BCUT2D eigenvalue weighted by atomic mass is 16.5. The molecule has 3 N–H and O–H groups in total. The van der Waals surface area contributed by atoms with Gasteiger partial charge in [-0.05, 0) is 83.5 Å². The van der Waals surface area contributed by atoms with Crippen molar-refractivity contribution in [3.63, 3.8) is 0 Å². The quantitative estimate of drug-likeness (QED) is 0.0324. The second-order valence-corrected chi connectivity index (χ2v) is 16.1. The van der Waals surface area contributed by atoms with Crippen LogP contribution >= 0.6 is 0 Å². The molecule has 0 aliphatic rings. The Morgan fingerprint density at radius 1 is 0.517 bits per heavy atom. The third-order valence-corrected chi connectivity index (χ3v) is 10.5. The number of carbonyl (C=O) groups excluding carboxylic acids is 2. The van der Waals surface area contributed by atoms with Crippen LogP contribution in [0.25, 0.3) is 0 Å². The summed E-state index contributed by atoms with van der Waals surface area (Å²) in [4.78, 5) is 26.0. The fourth-order valence-corrected chi connectivity index (χ4v) is 6.88. The molecule has 0 aliphatic heterocycles. The minimum Gasteiger partial charge on any atom is -0.462 e. The number of amides is 1. The van der Waals surface area contributed by atoms with E-state index in [0.29, 0.717) is 19.3 Å². The Kier molecular flexibility index (Phi) is 43.3. The Labute approximate surface area is 358 Å². The summed E-state index contributed by atoms with van der Waals surface area (Å²) in [6.45, 7) is 6.30. The van der Waals surface area contributed by atoms with Crippen LogP contribution in [-0.4, -0.2) is 46.9 Å². The first-order valence-corrected chi connectivity index (χ1v) is 24.2. The van der Waals surface area contributed by atoms with Crippen LogP contribution in [0.3, 0.4) is 0 Å². The SMILES string of the molecule is CC/C=C/C/C=C/C/C=C/C/C=C/C/C=C/CCC(=O)OC(CCCCC/C=C\CCCCC)CC(=O)NC(CO)C(O)CCCCCCCCCCCCCCC. The summed E-state index contributed by atoms with van der Waals surface area (Å²) in [5.41, 5.74) is 0. The van der Waals surface area contributed by atoms with Crippen molar-refractivity contribution in [2.45, 2.75) is 238 Å². The summed E-state index contributed by atoms with van der Waals surface area (Å²) >= 11 is 0. The molecule has 334 valence electrons. The lowest BCUT2D eigenvalue weighted by molar-refractivity contribution is -0.150. The predicted molar refractivity (Wildman–Crippen MR) is 250 cm³/mol. The first-order valence-electron chi connectivity index (χ1n) is 24.2. The topological polar surface area (TPSA) is 95.9 Å². The zero-order valence-corrected chi connectivity index (χ0v) is 37.9. The Bertz CT molecular complexity index is 1090. The summed E-state index contributed by atoms with van der Waals surface area (Å²) < 4.78 is 5.85. The van der Waals surface area contributed by atoms with Gasteiger partial charge in [-0.25, -0.2) is 0 Å². The molecule has 0 aromatic rings. The van der Waals surface area contributed by atoms with Gasteiger partial charge in [0.15, 0.2) is 0 Å². The van der Waals surface area contributed by atoms with E-state index in [1.54, 1.807) is 0 Å². The largest absolute Gasteiger partial charge is 0.462 e. The van der Waals surface area contributed by atoms with Crippen molar-refractivity contribution in [1.82, 2.24) is 5.32 Å². The molecule has 0 heterocycles. The van der Waals surface area contributed by atoms with Gasteiger partial charge >= 0.3 is 5.97 Å². The molecular weight excluding hydrogens is 719 g/mol. The van der Waals surface area contributed by atoms with E-state index in [2.05, 4.69) is 92.9 Å². The summed E-state index contributed by atoms with van der Waals surface area (Å²) in [6.07, 6.45) is 56.8. The van der Waals surface area contributed by atoms with Gasteiger partial charge in [-0.1, -0.05) is 196 Å². The minimum atomic E-state index is -0.804. The maximum Gasteiger partial charge on any atom is 0.306 e. The lowest BCUT2D eigenvalue weighted by Gasteiger charge is -2.24. The average Bonchev–Trinajstić information content (AvgIpc) is 3.22. The van der Waals surface area contributed by atoms with Crippen LogP contribution in [0.1, 0.15) is 220 Å². The zero-order chi connectivity index (χ0) is 42.4. The molecule has 0 radical (unpaired) electrons. The monoisotopic (exact) mass is 810 g/mol. The van der Waals surface area contributed by atoms with E-state index in [4.69, 9.17) is 4.74 Å². The number of esters is 1. The molecule has 0 aromatic heterocycles. The van der Waals surface area contributed by atoms with E-state index in [-0.39, 0.29) is 31.3 Å². The molecule has 3 atom stereocenters. The fraction of sp³-hybridized carbons (Fsp3) is 0.731. The van der Waals surface area contributed by atoms with Gasteiger partial charge in [0.1, 0.15) is 6.10 Å². The molecule has 0 spiro atoms. The fourth-order valence-electron chi connectivity index (χ4n) is 6.88. The lowest BCUT2D eigenvalue weighted by atomic mass is 10.0. The number of rotatable bonds is 42. The predicted octanol–water partition coefficient (Wildman–Crippen LogP) is 14.2. The van der Waals surface area contributed by atoms with Crippen LogP contribution in [0, 0.1) is 0 Å². The standard InChI is InChI=1S/C52H91NO5/c1-4-7-10-13-16-19-22-24-25-26-28-30-33-36-39-42-45-52(57)58-48(43-40-37-34-31-21-18-15-12-9-6-3)46-51(56)53-49(47-54)50(55)44-41-38-35-32-29-27-23-20-17-14-11-8-5-2/h7,10,16,18-19,21,24-25,28,30,36,39,48-50,54-55H,4-6,8-9,11-15,17,20,22-23,26-27,29,31-35,37-38,40-47H2,1-3H3,(H,53,56)/b10-7+,19-16+,21-18-,25-24+,30-28+,39-36+. The van der Waals surface area contributed by atoms with E-state index in [9.17, 15) is 19.8 Å². The number of hydrogen-bond donors (Lipinski definition) is 3. The highest BCUT2D eigenvalue weighted by molar-refractivity contribution is 5.77. The molecule has 0 saturated carbocycles. The third-order valence-electron chi connectivity index (χ3n) is 10.5. The van der Waals surface area contributed by atoms with Crippen molar-refractivity contribution in [2.24, 2.45) is 0 Å². The third kappa shape index (κ3) is 40.1. The molecule has 6 heteroatoms. The van der Waals surface area contributed by atoms with Gasteiger partial charge in [0.2, 0.25) is 5.91 Å². The zero-order valence-electron chi connectivity index (χ0n) is 37.9. The van der Waals surface area contributed by atoms with Gasteiger partial charge in [0.25, 0.3) is 0 Å². The van der Waals surface area contributed by atoms with E-state index in [0.717, 1.165) is 83.5 Å². The maximum absolute atomic E-state index is 13.1. The highest BCUT2D eigenvalue weighted by Crippen LogP contribution is 2.16.